The zero-order valence-electron chi connectivity index (χ0n) is 16.2. The number of piperidine rings is 1. The predicted octanol–water partition coefficient (Wildman–Crippen LogP) is 2.44. The van der Waals surface area contributed by atoms with Crippen molar-refractivity contribution in [2.75, 3.05) is 39.4 Å². The lowest BCUT2D eigenvalue weighted by Crippen LogP contribution is -2.52. The molecule has 2 aliphatic rings. The topological polar surface area (TPSA) is 73.5 Å². The highest BCUT2D eigenvalue weighted by molar-refractivity contribution is 5.77. The summed E-state index contributed by atoms with van der Waals surface area (Å²) in [6.45, 7) is 9.33. The molecule has 1 aromatic carbocycles. The maximum atomic E-state index is 12.7. The molecule has 0 saturated carbocycles. The molecule has 0 spiro atoms. The Kier molecular flexibility index (Phi) is 5.31. The summed E-state index contributed by atoms with van der Waals surface area (Å²) < 4.78 is 5.44. The van der Waals surface area contributed by atoms with Crippen LogP contribution in [0.3, 0.4) is 0 Å². The third kappa shape index (κ3) is 4.09. The van der Waals surface area contributed by atoms with Crippen LogP contribution in [-0.4, -0.2) is 71.2 Å². The number of nitrogens with one attached hydrogen (secondary N) is 2. The molecule has 146 valence electrons. The second-order valence-electron chi connectivity index (χ2n) is 7.68. The Morgan fingerprint density at radius 3 is 2.74 bits per heavy atom. The van der Waals surface area contributed by atoms with Crippen LogP contribution in [-0.2, 0) is 4.74 Å². The van der Waals surface area contributed by atoms with Crippen LogP contribution in [0.5, 0.6) is 0 Å². The molecule has 3 heterocycles. The number of hydrogen-bond acceptors (Lipinski definition) is 4. The fraction of sp³-hybridized carbons (Fsp3) is 0.600. The minimum atomic E-state index is -0.151. The van der Waals surface area contributed by atoms with Crippen LogP contribution >= 0.6 is 0 Å². The van der Waals surface area contributed by atoms with Crippen LogP contribution in [0, 0.1) is 6.92 Å². The first-order valence-corrected chi connectivity index (χ1v) is 9.93. The molecule has 7 nitrogen and oxygen atoms in total. The number of rotatable bonds is 3. The second-order valence-corrected chi connectivity index (χ2v) is 7.68. The molecule has 0 radical (unpaired) electrons. The number of likely N-dealkylation sites (tertiary alicyclic amines) is 1. The van der Waals surface area contributed by atoms with E-state index in [1.54, 1.807) is 0 Å². The molecule has 0 bridgehead atoms. The molecule has 7 heteroatoms. The smallest absolute Gasteiger partial charge is 0.317 e. The van der Waals surface area contributed by atoms with Gasteiger partial charge in [0.2, 0.25) is 0 Å². The molecule has 2 fully saturated rings. The standard InChI is InChI=1S/C20H29N5O2/c1-14-3-4-17-18(13-14)23-19(22-17)15(2)21-20(26)25-7-5-16(6-8-25)24-9-11-27-12-10-24/h3-4,13,15-16H,5-12H2,1-2H3,(H,21,26)(H,22,23)/t15-/m1/s1. The number of carbonyl (C=O) groups excluding carboxylic acids is 1. The predicted molar refractivity (Wildman–Crippen MR) is 105 cm³/mol. The van der Waals surface area contributed by atoms with E-state index in [4.69, 9.17) is 4.74 Å². The Labute approximate surface area is 160 Å². The number of morpholine rings is 1. The number of imidazole rings is 1. The summed E-state index contributed by atoms with van der Waals surface area (Å²) in [4.78, 5) is 25.1. The normalized spacial score (nSPS) is 20.7. The Bertz CT molecular complexity index is 791. The highest BCUT2D eigenvalue weighted by Gasteiger charge is 2.28. The molecule has 1 atom stereocenters. The van der Waals surface area contributed by atoms with Crippen LogP contribution in [0.2, 0.25) is 0 Å². The molecule has 2 aromatic rings. The number of ether oxygens (including phenoxy) is 1. The van der Waals surface area contributed by atoms with Crippen LogP contribution in [0.25, 0.3) is 11.0 Å². The molecule has 2 amide bonds. The van der Waals surface area contributed by atoms with Gasteiger partial charge in [-0.3, -0.25) is 4.90 Å². The summed E-state index contributed by atoms with van der Waals surface area (Å²) in [5.41, 5.74) is 3.14. The molecule has 27 heavy (non-hydrogen) atoms. The average Bonchev–Trinajstić information content (AvgIpc) is 3.12. The van der Waals surface area contributed by atoms with Crippen molar-refractivity contribution >= 4 is 17.1 Å². The van der Waals surface area contributed by atoms with Crippen molar-refractivity contribution in [3.05, 3.63) is 29.6 Å². The quantitative estimate of drug-likeness (QED) is 0.869. The Morgan fingerprint density at radius 1 is 1.26 bits per heavy atom. The Balaban J connectivity index is 1.32. The Hall–Kier alpha value is -2.12. The average molecular weight is 371 g/mol. The molecule has 0 aliphatic carbocycles. The zero-order chi connectivity index (χ0) is 18.8. The highest BCUT2D eigenvalue weighted by Crippen LogP contribution is 2.20. The number of fused-ring (bicyclic) bond motifs is 1. The van der Waals surface area contributed by atoms with Crippen molar-refractivity contribution < 1.29 is 9.53 Å². The van der Waals surface area contributed by atoms with E-state index in [-0.39, 0.29) is 12.1 Å². The lowest BCUT2D eigenvalue weighted by atomic mass is 10.0. The monoisotopic (exact) mass is 371 g/mol. The third-order valence-corrected chi connectivity index (χ3v) is 5.72. The molecular weight excluding hydrogens is 342 g/mol. The van der Waals surface area contributed by atoms with Gasteiger partial charge in [-0.2, -0.15) is 0 Å². The largest absolute Gasteiger partial charge is 0.379 e. The number of amides is 2. The third-order valence-electron chi connectivity index (χ3n) is 5.72. The number of aryl methyl sites for hydroxylation is 1. The van der Waals surface area contributed by atoms with Crippen LogP contribution in [0.15, 0.2) is 18.2 Å². The number of nitrogens with zero attached hydrogens (tertiary/aromatic N) is 3. The SMILES string of the molecule is Cc1ccc2nc([C@@H](C)NC(=O)N3CCC(N4CCOCC4)CC3)[nH]c2c1. The maximum absolute atomic E-state index is 12.7. The molecule has 0 unspecified atom stereocenters. The van der Waals surface area contributed by atoms with Crippen molar-refractivity contribution in [3.63, 3.8) is 0 Å². The minimum absolute atomic E-state index is 0.000404. The number of hydrogen-bond donors (Lipinski definition) is 2. The number of benzene rings is 1. The fourth-order valence-corrected chi connectivity index (χ4v) is 4.07. The van der Waals surface area contributed by atoms with Gasteiger partial charge in [0.1, 0.15) is 5.82 Å². The maximum Gasteiger partial charge on any atom is 0.317 e. The Morgan fingerprint density at radius 2 is 2.00 bits per heavy atom. The molecular formula is C20H29N5O2. The van der Waals surface area contributed by atoms with Gasteiger partial charge in [-0.05, 0) is 44.4 Å². The van der Waals surface area contributed by atoms with Gasteiger partial charge in [-0.25, -0.2) is 9.78 Å². The van der Waals surface area contributed by atoms with E-state index in [1.807, 2.05) is 17.9 Å². The summed E-state index contributed by atoms with van der Waals surface area (Å²) >= 11 is 0. The minimum Gasteiger partial charge on any atom is -0.379 e. The van der Waals surface area contributed by atoms with Gasteiger partial charge >= 0.3 is 6.03 Å². The number of aromatic nitrogens is 2. The van der Waals surface area contributed by atoms with Gasteiger partial charge < -0.3 is 19.9 Å². The van der Waals surface area contributed by atoms with Crippen LogP contribution in [0.1, 0.15) is 37.2 Å². The molecule has 2 aliphatic heterocycles. The van der Waals surface area contributed by atoms with Gasteiger partial charge in [0, 0.05) is 32.2 Å². The summed E-state index contributed by atoms with van der Waals surface area (Å²) in [6, 6.07) is 6.57. The highest BCUT2D eigenvalue weighted by atomic mass is 16.5. The van der Waals surface area contributed by atoms with Gasteiger partial charge in [0.15, 0.2) is 0 Å². The van der Waals surface area contributed by atoms with Crippen LogP contribution < -0.4 is 5.32 Å². The number of aromatic amines is 1. The lowest BCUT2D eigenvalue weighted by Gasteiger charge is -2.40. The molecule has 1 aromatic heterocycles. The van der Waals surface area contributed by atoms with Gasteiger partial charge in [0.25, 0.3) is 0 Å². The zero-order valence-corrected chi connectivity index (χ0v) is 16.2. The number of urea groups is 1. The van der Waals surface area contributed by atoms with Crippen molar-refractivity contribution in [3.8, 4) is 0 Å². The van der Waals surface area contributed by atoms with Crippen molar-refractivity contribution in [2.24, 2.45) is 0 Å². The molecule has 2 N–H and O–H groups in total. The second kappa shape index (κ2) is 7.86. The van der Waals surface area contributed by atoms with E-state index < -0.39 is 0 Å². The number of H-pyrrole nitrogens is 1. The molecule has 2 saturated heterocycles. The van der Waals surface area contributed by atoms with E-state index in [1.165, 1.54) is 5.56 Å². The number of carbonyl (C=O) groups is 1. The van der Waals surface area contributed by atoms with E-state index in [0.29, 0.717) is 6.04 Å². The van der Waals surface area contributed by atoms with Crippen molar-refractivity contribution in [1.29, 1.82) is 0 Å². The van der Waals surface area contributed by atoms with E-state index >= 15 is 0 Å². The van der Waals surface area contributed by atoms with Gasteiger partial charge in [0.05, 0.1) is 30.3 Å². The summed E-state index contributed by atoms with van der Waals surface area (Å²) in [7, 11) is 0. The van der Waals surface area contributed by atoms with E-state index in [2.05, 4.69) is 39.2 Å². The van der Waals surface area contributed by atoms with Crippen molar-refractivity contribution in [2.45, 2.75) is 38.8 Å². The lowest BCUT2D eigenvalue weighted by molar-refractivity contribution is 0.00374. The van der Waals surface area contributed by atoms with Gasteiger partial charge in [-0.15, -0.1) is 0 Å². The summed E-state index contributed by atoms with van der Waals surface area (Å²) in [6.07, 6.45) is 2.07. The van der Waals surface area contributed by atoms with Crippen molar-refractivity contribution in [1.82, 2.24) is 25.1 Å². The first kappa shape index (κ1) is 18.3. The van der Waals surface area contributed by atoms with Crippen LogP contribution in [0.4, 0.5) is 4.79 Å². The fourth-order valence-electron chi connectivity index (χ4n) is 4.07. The summed E-state index contributed by atoms with van der Waals surface area (Å²) in [5, 5.41) is 3.10. The van der Waals surface area contributed by atoms with Gasteiger partial charge in [-0.1, -0.05) is 6.07 Å². The molecule has 4 rings (SSSR count). The first-order valence-electron chi connectivity index (χ1n) is 9.93. The first-order chi connectivity index (χ1) is 13.1. The summed E-state index contributed by atoms with van der Waals surface area (Å²) in [5.74, 6) is 0.798. The van der Waals surface area contributed by atoms with E-state index in [9.17, 15) is 4.79 Å². The van der Waals surface area contributed by atoms with E-state index in [0.717, 1.165) is 69.1 Å².